The summed E-state index contributed by atoms with van der Waals surface area (Å²) in [7, 11) is 4.14. The number of anilines is 2. The van der Waals surface area contributed by atoms with Crippen LogP contribution in [-0.4, -0.2) is 133 Å². The molecule has 0 radical (unpaired) electrons. The summed E-state index contributed by atoms with van der Waals surface area (Å²) in [5, 5.41) is 3.63. The zero-order valence-electron chi connectivity index (χ0n) is 35.0. The molecule has 1 N–H and O–H groups in total. The number of nitrogens with one attached hydrogen (secondary N) is 1. The Morgan fingerprint density at radius 1 is 0.678 bits per heavy atom. The Kier molecular flexibility index (Phi) is 18.7. The second kappa shape index (κ2) is 23.9. The van der Waals surface area contributed by atoms with Crippen LogP contribution in [0.25, 0.3) is 0 Å². The van der Waals surface area contributed by atoms with E-state index in [9.17, 15) is 19.2 Å². The minimum atomic E-state index is -0.393. The Bertz CT molecular complexity index is 1950. The SMILES string of the molecule is CCOC(=O)c1ccc(CBr)nc1.CCOC(=O)c1ccc(CN(C(=O)N2CCN(C)CC2)c2cccc(C)c2)nc1.Cc1cccc(NC(=O)N2CCN(C)CC2)c1. The van der Waals surface area contributed by atoms with Gasteiger partial charge in [0.05, 0.1) is 42.3 Å². The predicted octanol–water partition coefficient (Wildman–Crippen LogP) is 6.87. The maximum absolute atomic E-state index is 13.3. The average molecular weight is 874 g/mol. The van der Waals surface area contributed by atoms with E-state index in [1.807, 2.05) is 72.2 Å². The number of aryl methyl sites for hydroxylation is 2. The van der Waals surface area contributed by atoms with Crippen LogP contribution in [0.15, 0.2) is 85.2 Å². The van der Waals surface area contributed by atoms with E-state index < -0.39 is 5.97 Å². The van der Waals surface area contributed by atoms with Gasteiger partial charge in [-0.2, -0.15) is 0 Å². The number of carbonyl (C=O) groups excluding carboxylic acids is 4. The van der Waals surface area contributed by atoms with E-state index >= 15 is 0 Å². The van der Waals surface area contributed by atoms with E-state index in [2.05, 4.69) is 55.1 Å². The van der Waals surface area contributed by atoms with Crippen molar-refractivity contribution in [2.24, 2.45) is 0 Å². The molecule has 59 heavy (non-hydrogen) atoms. The number of ether oxygens (including phenoxy) is 2. The lowest BCUT2D eigenvalue weighted by atomic mass is 10.2. The number of aromatic nitrogens is 2. The zero-order chi connectivity index (χ0) is 42.7. The fourth-order valence-electron chi connectivity index (χ4n) is 6.02. The number of hydrogen-bond donors (Lipinski definition) is 1. The highest BCUT2D eigenvalue weighted by atomic mass is 79.9. The smallest absolute Gasteiger partial charge is 0.339 e. The van der Waals surface area contributed by atoms with Gasteiger partial charge >= 0.3 is 24.0 Å². The molecule has 2 aromatic heterocycles. The van der Waals surface area contributed by atoms with Crippen LogP contribution < -0.4 is 10.2 Å². The maximum Gasteiger partial charge on any atom is 0.339 e. The second-order valence-corrected chi connectivity index (χ2v) is 14.8. The van der Waals surface area contributed by atoms with Gasteiger partial charge in [-0.1, -0.05) is 40.2 Å². The van der Waals surface area contributed by atoms with E-state index in [1.54, 1.807) is 43.0 Å². The first-order valence-electron chi connectivity index (χ1n) is 19.8. The lowest BCUT2D eigenvalue weighted by Gasteiger charge is -2.36. The van der Waals surface area contributed by atoms with Crippen molar-refractivity contribution in [2.45, 2.75) is 39.6 Å². The van der Waals surface area contributed by atoms with Crippen LogP contribution in [0.3, 0.4) is 0 Å². The Balaban J connectivity index is 0.000000216. The molecule has 316 valence electrons. The van der Waals surface area contributed by atoms with Gasteiger partial charge in [0, 0.05) is 81.5 Å². The van der Waals surface area contributed by atoms with Crippen LogP contribution >= 0.6 is 15.9 Å². The quantitative estimate of drug-likeness (QED) is 0.140. The molecule has 15 heteroatoms. The topological polar surface area (TPSA) is 141 Å². The molecule has 0 atom stereocenters. The number of urea groups is 2. The summed E-state index contributed by atoms with van der Waals surface area (Å²) in [6.45, 7) is 15.2. The molecule has 2 saturated heterocycles. The molecule has 2 aliphatic heterocycles. The first kappa shape index (κ1) is 46.3. The minimum absolute atomic E-state index is 0.00343. The van der Waals surface area contributed by atoms with Crippen LogP contribution in [0, 0.1) is 13.8 Å². The number of nitrogens with zero attached hydrogens (tertiary/aromatic N) is 7. The molecule has 0 spiro atoms. The molecule has 14 nitrogen and oxygen atoms in total. The lowest BCUT2D eigenvalue weighted by molar-refractivity contribution is 0.0516. The van der Waals surface area contributed by atoms with Crippen molar-refractivity contribution < 1.29 is 28.7 Å². The van der Waals surface area contributed by atoms with Gasteiger partial charge in [-0.05, 0) is 101 Å². The summed E-state index contributed by atoms with van der Waals surface area (Å²) < 4.78 is 9.81. The van der Waals surface area contributed by atoms with Gasteiger partial charge in [0.25, 0.3) is 0 Å². The van der Waals surface area contributed by atoms with Crippen molar-refractivity contribution in [2.75, 3.05) is 89.9 Å². The number of carbonyl (C=O) groups is 4. The molecule has 4 amide bonds. The van der Waals surface area contributed by atoms with Crippen LogP contribution in [0.4, 0.5) is 21.0 Å². The number of alkyl halides is 1. The first-order chi connectivity index (χ1) is 28.4. The van der Waals surface area contributed by atoms with Gasteiger partial charge in [0.2, 0.25) is 0 Å². The van der Waals surface area contributed by atoms with Crippen molar-refractivity contribution in [1.29, 1.82) is 0 Å². The van der Waals surface area contributed by atoms with E-state index in [1.165, 1.54) is 12.4 Å². The molecule has 2 aromatic carbocycles. The number of amides is 4. The third-order valence-corrected chi connectivity index (χ3v) is 10.1. The zero-order valence-corrected chi connectivity index (χ0v) is 36.6. The fourth-order valence-corrected chi connectivity index (χ4v) is 6.35. The number of rotatable bonds is 9. The van der Waals surface area contributed by atoms with E-state index in [-0.39, 0.29) is 18.0 Å². The summed E-state index contributed by atoms with van der Waals surface area (Å²) in [5.74, 6) is -0.716. The van der Waals surface area contributed by atoms with Gasteiger partial charge < -0.3 is 34.4 Å². The molecule has 4 aromatic rings. The number of piperazine rings is 2. The predicted molar refractivity (Wildman–Crippen MR) is 234 cm³/mol. The van der Waals surface area contributed by atoms with Gasteiger partial charge in [-0.15, -0.1) is 0 Å². The van der Waals surface area contributed by atoms with Gasteiger partial charge in [-0.25, -0.2) is 19.2 Å². The Morgan fingerprint density at radius 3 is 1.66 bits per heavy atom. The van der Waals surface area contributed by atoms with Gasteiger partial charge in [0.15, 0.2) is 0 Å². The summed E-state index contributed by atoms with van der Waals surface area (Å²) >= 11 is 3.27. The van der Waals surface area contributed by atoms with Crippen molar-refractivity contribution in [3.05, 3.63) is 119 Å². The van der Waals surface area contributed by atoms with Crippen LogP contribution in [-0.2, 0) is 21.3 Å². The van der Waals surface area contributed by atoms with E-state index in [0.29, 0.717) is 55.0 Å². The highest BCUT2D eigenvalue weighted by Gasteiger charge is 2.26. The number of likely N-dealkylation sites (N-methyl/N-ethyl adjacent to an activating group) is 2. The standard InChI is InChI=1S/C22H28N4O3.C13H19N3O.C9H10BrNO2/c1-4-29-21(27)18-8-9-19(23-15-18)16-26(20-7-5-6-17(2)14-20)22(28)25-12-10-24(3)11-13-25;1-11-4-3-5-12(10-11)14-13(17)16-8-6-15(2)7-9-16;1-2-13-9(12)7-3-4-8(5-10)11-6-7/h5-9,14-15H,4,10-13,16H2,1-3H3;3-5,10H,6-9H2,1-2H3,(H,14,17);3-4,6H,2,5H2,1H3. The van der Waals surface area contributed by atoms with E-state index in [4.69, 9.17) is 9.47 Å². The number of esters is 2. The third kappa shape index (κ3) is 15.1. The highest BCUT2D eigenvalue weighted by Crippen LogP contribution is 2.21. The molecule has 0 bridgehead atoms. The summed E-state index contributed by atoms with van der Waals surface area (Å²) in [6.07, 6.45) is 3.02. The fraction of sp³-hybridized carbons (Fsp3) is 0.409. The molecule has 4 heterocycles. The molecular weight excluding hydrogens is 816 g/mol. The van der Waals surface area contributed by atoms with Gasteiger partial charge in [0.1, 0.15) is 0 Å². The summed E-state index contributed by atoms with van der Waals surface area (Å²) in [6, 6.07) is 22.7. The molecule has 2 aliphatic rings. The number of hydrogen-bond acceptors (Lipinski definition) is 10. The molecule has 0 saturated carbocycles. The summed E-state index contributed by atoms with van der Waals surface area (Å²) in [4.78, 5) is 66.7. The third-order valence-electron chi connectivity index (χ3n) is 9.51. The Hall–Kier alpha value is -5.38. The number of benzene rings is 2. The van der Waals surface area contributed by atoms with Crippen molar-refractivity contribution in [3.8, 4) is 0 Å². The molecular formula is C44H57BrN8O6. The number of pyridine rings is 2. The Labute approximate surface area is 356 Å². The average Bonchev–Trinajstić information content (AvgIpc) is 3.24. The van der Waals surface area contributed by atoms with Crippen molar-refractivity contribution >= 4 is 51.3 Å². The van der Waals surface area contributed by atoms with Crippen molar-refractivity contribution in [3.63, 3.8) is 0 Å². The van der Waals surface area contributed by atoms with Gasteiger partial charge in [-0.3, -0.25) is 14.9 Å². The van der Waals surface area contributed by atoms with E-state index in [0.717, 1.165) is 67.5 Å². The Morgan fingerprint density at radius 2 is 1.19 bits per heavy atom. The first-order valence-corrected chi connectivity index (χ1v) is 21.0. The van der Waals surface area contributed by atoms with Crippen molar-refractivity contribution in [1.82, 2.24) is 29.6 Å². The molecule has 0 unspecified atom stereocenters. The second-order valence-electron chi connectivity index (χ2n) is 14.2. The highest BCUT2D eigenvalue weighted by molar-refractivity contribution is 9.08. The number of halogens is 1. The lowest BCUT2D eigenvalue weighted by Crippen LogP contribution is -2.52. The molecule has 2 fully saturated rings. The normalized spacial score (nSPS) is 14.2. The van der Waals surface area contributed by atoms with Crippen LogP contribution in [0.5, 0.6) is 0 Å². The largest absolute Gasteiger partial charge is 0.462 e. The van der Waals surface area contributed by atoms with Crippen LogP contribution in [0.2, 0.25) is 0 Å². The molecule has 0 aliphatic carbocycles. The van der Waals surface area contributed by atoms with Crippen LogP contribution in [0.1, 0.15) is 57.1 Å². The minimum Gasteiger partial charge on any atom is -0.462 e. The summed E-state index contributed by atoms with van der Waals surface area (Å²) in [5.41, 5.74) is 6.45. The molecule has 6 rings (SSSR count). The monoisotopic (exact) mass is 872 g/mol. The maximum atomic E-state index is 13.3.